The van der Waals surface area contributed by atoms with Crippen LogP contribution >= 0.6 is 0 Å². The van der Waals surface area contributed by atoms with E-state index in [1.165, 1.54) is 26.4 Å². The fourth-order valence-electron chi connectivity index (χ4n) is 4.58. The van der Waals surface area contributed by atoms with E-state index in [0.29, 0.717) is 0 Å². The number of rotatable bonds is 8. The molecule has 0 amide bonds. The van der Waals surface area contributed by atoms with Crippen molar-refractivity contribution in [3.63, 3.8) is 0 Å². The molecule has 0 aromatic heterocycles. The average molecular weight is 520 g/mol. The van der Waals surface area contributed by atoms with Crippen molar-refractivity contribution in [2.45, 2.75) is 62.9 Å². The molecule has 0 spiro atoms. The van der Waals surface area contributed by atoms with Gasteiger partial charge in [-0.25, -0.2) is 4.79 Å². The lowest BCUT2D eigenvalue weighted by Crippen LogP contribution is -2.64. The quantitative estimate of drug-likeness (QED) is 0.299. The van der Waals surface area contributed by atoms with Gasteiger partial charge in [-0.15, -0.1) is 0 Å². The van der Waals surface area contributed by atoms with Gasteiger partial charge in [0, 0.05) is 0 Å². The summed E-state index contributed by atoms with van der Waals surface area (Å²) in [6, 6.07) is 10.8. The van der Waals surface area contributed by atoms with Crippen LogP contribution in [-0.4, -0.2) is 77.7 Å². The summed E-state index contributed by atoms with van der Waals surface area (Å²) in [6.45, 7) is 2.87. The third kappa shape index (κ3) is 5.38. The zero-order valence-corrected chi connectivity index (χ0v) is 20.7. The Kier molecular flexibility index (Phi) is 7.67. The topological polar surface area (TPSA) is 156 Å². The van der Waals surface area contributed by atoms with Gasteiger partial charge >= 0.3 is 5.97 Å². The number of hydrogen-bond donors (Lipinski definition) is 2. The van der Waals surface area contributed by atoms with Gasteiger partial charge in [-0.2, -0.15) is 0 Å². The highest BCUT2D eigenvalue weighted by Crippen LogP contribution is 2.41. The summed E-state index contributed by atoms with van der Waals surface area (Å²) in [6.07, 6.45) is -7.51. The SMILES string of the molecule is COc1cc(CO[C@H]2[C@H](O)[C@@H](O)[C@@H]3OC(C)(C)O[C@@H]3[C@@H]2OC(=O)c2ccccc2)c([N+](=O)[O-])cc1OC. The molecule has 12 nitrogen and oxygen atoms in total. The second kappa shape index (κ2) is 10.6. The number of hydrogen-bond acceptors (Lipinski definition) is 11. The third-order valence-electron chi connectivity index (χ3n) is 6.30. The van der Waals surface area contributed by atoms with E-state index < -0.39 is 53.3 Å². The number of fused-ring (bicyclic) bond motifs is 1. The van der Waals surface area contributed by atoms with Gasteiger partial charge in [-0.1, -0.05) is 18.2 Å². The van der Waals surface area contributed by atoms with Crippen molar-refractivity contribution in [2.75, 3.05) is 14.2 Å². The first-order valence-corrected chi connectivity index (χ1v) is 11.5. The summed E-state index contributed by atoms with van der Waals surface area (Å²) in [7, 11) is 2.73. The molecule has 2 aromatic rings. The standard InChI is InChI=1S/C25H29NO11/c1-25(2)36-21-19(28)18(27)20(22(23(21)37-25)35-24(29)13-8-6-5-7-9-13)34-12-14-10-16(32-3)17(33-4)11-15(14)26(30)31/h5-11,18-23,27-28H,12H2,1-4H3/t18-,19-,20+,21+,22-,23+/m1/s1. The predicted molar refractivity (Wildman–Crippen MR) is 126 cm³/mol. The first-order chi connectivity index (χ1) is 17.6. The molecule has 4 rings (SSSR count). The second-order valence-electron chi connectivity index (χ2n) is 9.15. The van der Waals surface area contributed by atoms with Crippen LogP contribution in [0.15, 0.2) is 42.5 Å². The maximum Gasteiger partial charge on any atom is 0.338 e. The molecule has 12 heteroatoms. The minimum Gasteiger partial charge on any atom is -0.493 e. The fourth-order valence-corrected chi connectivity index (χ4v) is 4.58. The van der Waals surface area contributed by atoms with Crippen molar-refractivity contribution in [3.8, 4) is 11.5 Å². The normalized spacial score (nSPS) is 28.3. The van der Waals surface area contributed by atoms with Gasteiger partial charge in [-0.05, 0) is 32.0 Å². The Morgan fingerprint density at radius 1 is 1.00 bits per heavy atom. The number of benzene rings is 2. The van der Waals surface area contributed by atoms with Crippen LogP contribution in [0.25, 0.3) is 0 Å². The van der Waals surface area contributed by atoms with Crippen LogP contribution in [0.1, 0.15) is 29.8 Å². The summed E-state index contributed by atoms with van der Waals surface area (Å²) in [5.74, 6) is -1.45. The maximum atomic E-state index is 12.9. The molecule has 37 heavy (non-hydrogen) atoms. The van der Waals surface area contributed by atoms with E-state index in [1.54, 1.807) is 44.2 Å². The van der Waals surface area contributed by atoms with Crippen molar-refractivity contribution in [2.24, 2.45) is 0 Å². The molecule has 2 aromatic carbocycles. The van der Waals surface area contributed by atoms with Crippen LogP contribution in [0.3, 0.4) is 0 Å². The van der Waals surface area contributed by atoms with Gasteiger partial charge < -0.3 is 38.6 Å². The third-order valence-corrected chi connectivity index (χ3v) is 6.30. The number of aliphatic hydroxyl groups excluding tert-OH is 2. The second-order valence-corrected chi connectivity index (χ2v) is 9.15. The van der Waals surface area contributed by atoms with Gasteiger partial charge in [0.15, 0.2) is 23.4 Å². The Labute approximate surface area is 212 Å². The molecule has 2 fully saturated rings. The molecule has 0 unspecified atom stereocenters. The van der Waals surface area contributed by atoms with E-state index in [2.05, 4.69) is 0 Å². The minimum atomic E-state index is -1.56. The van der Waals surface area contributed by atoms with E-state index in [-0.39, 0.29) is 34.9 Å². The van der Waals surface area contributed by atoms with E-state index in [0.717, 1.165) is 0 Å². The molecular weight excluding hydrogens is 490 g/mol. The van der Waals surface area contributed by atoms with E-state index in [4.69, 9.17) is 28.4 Å². The number of nitro groups is 1. The lowest BCUT2D eigenvalue weighted by atomic mass is 9.84. The van der Waals surface area contributed by atoms with Crippen LogP contribution in [0.4, 0.5) is 5.69 Å². The summed E-state index contributed by atoms with van der Waals surface area (Å²) in [4.78, 5) is 24.0. The molecular formula is C25H29NO11. The highest BCUT2D eigenvalue weighted by Gasteiger charge is 2.59. The van der Waals surface area contributed by atoms with Gasteiger partial charge in [0.25, 0.3) is 5.69 Å². The number of methoxy groups -OCH3 is 2. The van der Waals surface area contributed by atoms with Crippen molar-refractivity contribution in [1.82, 2.24) is 0 Å². The Balaban J connectivity index is 1.66. The van der Waals surface area contributed by atoms with Crippen molar-refractivity contribution in [1.29, 1.82) is 0 Å². The van der Waals surface area contributed by atoms with Crippen LogP contribution in [0, 0.1) is 10.1 Å². The van der Waals surface area contributed by atoms with Crippen molar-refractivity contribution < 1.29 is 48.4 Å². The number of ether oxygens (including phenoxy) is 6. The number of carbonyl (C=O) groups excluding carboxylic acids is 1. The highest BCUT2D eigenvalue weighted by atomic mass is 16.8. The Morgan fingerprint density at radius 3 is 2.24 bits per heavy atom. The minimum absolute atomic E-state index is 0.114. The largest absolute Gasteiger partial charge is 0.493 e. The molecule has 1 heterocycles. The van der Waals surface area contributed by atoms with Crippen LogP contribution in [0.2, 0.25) is 0 Å². The number of nitro benzene ring substituents is 1. The lowest BCUT2D eigenvalue weighted by molar-refractivity contribution is -0.386. The van der Waals surface area contributed by atoms with Gasteiger partial charge in [0.05, 0.1) is 42.9 Å². The molecule has 0 bridgehead atoms. The van der Waals surface area contributed by atoms with Crippen LogP contribution < -0.4 is 9.47 Å². The Bertz CT molecular complexity index is 1140. The maximum absolute atomic E-state index is 12.9. The lowest BCUT2D eigenvalue weighted by Gasteiger charge is -2.42. The molecule has 1 aliphatic carbocycles. The summed E-state index contributed by atoms with van der Waals surface area (Å²) >= 11 is 0. The first-order valence-electron chi connectivity index (χ1n) is 11.5. The summed E-state index contributed by atoms with van der Waals surface area (Å²) < 4.78 is 33.8. The van der Waals surface area contributed by atoms with Crippen molar-refractivity contribution in [3.05, 3.63) is 63.7 Å². The summed E-state index contributed by atoms with van der Waals surface area (Å²) in [5, 5.41) is 33.5. The number of nitrogens with zero attached hydrogens (tertiary/aromatic N) is 1. The monoisotopic (exact) mass is 519 g/mol. The highest BCUT2D eigenvalue weighted by molar-refractivity contribution is 5.89. The molecule has 1 aliphatic heterocycles. The molecule has 2 N–H and O–H groups in total. The molecule has 200 valence electrons. The van der Waals surface area contributed by atoms with E-state index in [9.17, 15) is 25.1 Å². The Morgan fingerprint density at radius 2 is 1.62 bits per heavy atom. The zero-order valence-electron chi connectivity index (χ0n) is 20.7. The van der Waals surface area contributed by atoms with Crippen molar-refractivity contribution >= 4 is 11.7 Å². The molecule has 6 atom stereocenters. The Hall–Kier alpha value is -3.29. The average Bonchev–Trinajstić information content (AvgIpc) is 3.21. The molecule has 2 aliphatic rings. The van der Waals surface area contributed by atoms with Crippen LogP contribution in [0.5, 0.6) is 11.5 Å². The molecule has 0 radical (unpaired) electrons. The smallest absolute Gasteiger partial charge is 0.338 e. The summed E-state index contributed by atoms with van der Waals surface area (Å²) in [5.41, 5.74) is 0.0661. The van der Waals surface area contributed by atoms with Gasteiger partial charge in [0.2, 0.25) is 0 Å². The van der Waals surface area contributed by atoms with Gasteiger partial charge in [-0.3, -0.25) is 10.1 Å². The van der Waals surface area contributed by atoms with E-state index in [1.807, 2.05) is 0 Å². The number of carbonyl (C=O) groups is 1. The number of aliphatic hydroxyl groups is 2. The predicted octanol–water partition coefficient (Wildman–Crippen LogP) is 1.98. The first kappa shape index (κ1) is 26.8. The molecule has 1 saturated heterocycles. The van der Waals surface area contributed by atoms with Gasteiger partial charge in [0.1, 0.15) is 30.5 Å². The number of esters is 1. The van der Waals surface area contributed by atoms with Crippen LogP contribution in [-0.2, 0) is 25.6 Å². The fraction of sp³-hybridized carbons (Fsp3) is 0.480. The molecule has 1 saturated carbocycles. The zero-order chi connectivity index (χ0) is 26.9. The van der Waals surface area contributed by atoms with E-state index >= 15 is 0 Å².